The van der Waals surface area contributed by atoms with Crippen LogP contribution >= 0.6 is 0 Å². The summed E-state index contributed by atoms with van der Waals surface area (Å²) in [5.74, 6) is 0.602. The summed E-state index contributed by atoms with van der Waals surface area (Å²) in [5.41, 5.74) is 11.6. The van der Waals surface area contributed by atoms with E-state index in [1.165, 1.54) is 70.0 Å². The Labute approximate surface area is 262 Å². The second-order valence-corrected chi connectivity index (χ2v) is 15.4. The number of carbonyl (C=O) groups is 1. The highest BCUT2D eigenvalue weighted by Gasteiger charge is 2.30. The zero-order valence-corrected chi connectivity index (χ0v) is 27.0. The molecule has 6 rings (SSSR count). The monoisotopic (exact) mass is 619 g/mol. The third-order valence-electron chi connectivity index (χ3n) is 10.4. The lowest BCUT2D eigenvalue weighted by molar-refractivity contribution is 0.0712. The standard InChI is InChI=1S/C35H49N5O3S/c1-2-44(42,43)40-18-14-26(15-19-40)32-24-37-33-30(32)21-29(22-31(33)34(36)41)28-13-9-10-25(20-28)23-38-35(27-11-5-3-6-12-27)39-16-7-4-8-17-39/h9-10,13,20-22,24,26-27,35,37-38H,2-8,11-12,14-19,23H2,1H3,(H2,36,41). The van der Waals surface area contributed by atoms with E-state index in [9.17, 15) is 13.2 Å². The number of rotatable bonds is 10. The normalized spacial score (nSPS) is 20.7. The molecule has 9 heteroatoms. The number of hydrogen-bond donors (Lipinski definition) is 3. The number of aromatic amines is 1. The average molecular weight is 620 g/mol. The maximum Gasteiger partial charge on any atom is 0.250 e. The summed E-state index contributed by atoms with van der Waals surface area (Å²) in [6.45, 7) is 5.93. The van der Waals surface area contributed by atoms with E-state index in [1.807, 2.05) is 12.3 Å². The molecular formula is C35H49N5O3S. The van der Waals surface area contributed by atoms with Crippen molar-refractivity contribution < 1.29 is 13.2 Å². The molecule has 1 aliphatic carbocycles. The maximum absolute atomic E-state index is 12.6. The SMILES string of the molecule is CCS(=O)(=O)N1CCC(c2c[nH]c3c(C(N)=O)cc(-c4cccc(CNC(C5CCCCC5)N5CCCCC5)c4)cc23)CC1. The van der Waals surface area contributed by atoms with Crippen LogP contribution in [0.1, 0.15) is 98.5 Å². The van der Waals surface area contributed by atoms with Crippen LogP contribution in [0.4, 0.5) is 0 Å². The number of H-pyrrole nitrogens is 1. The van der Waals surface area contributed by atoms with Gasteiger partial charge in [0.25, 0.3) is 5.91 Å². The zero-order valence-electron chi connectivity index (χ0n) is 26.2. The van der Waals surface area contributed by atoms with Crippen LogP contribution < -0.4 is 11.1 Å². The molecule has 3 heterocycles. The number of nitrogens with one attached hydrogen (secondary N) is 2. The Morgan fingerprint density at radius 3 is 2.39 bits per heavy atom. The lowest BCUT2D eigenvalue weighted by atomic mass is 9.85. The molecule has 3 aromatic rings. The van der Waals surface area contributed by atoms with Crippen molar-refractivity contribution in [3.63, 3.8) is 0 Å². The number of sulfonamides is 1. The van der Waals surface area contributed by atoms with Gasteiger partial charge in [-0.15, -0.1) is 0 Å². The van der Waals surface area contributed by atoms with Crippen LogP contribution in [-0.4, -0.2) is 66.6 Å². The van der Waals surface area contributed by atoms with Gasteiger partial charge in [0.05, 0.1) is 23.0 Å². The highest BCUT2D eigenvalue weighted by atomic mass is 32.2. The van der Waals surface area contributed by atoms with Gasteiger partial charge in [0.1, 0.15) is 0 Å². The van der Waals surface area contributed by atoms with Gasteiger partial charge in [-0.2, -0.15) is 0 Å². The second kappa shape index (κ2) is 13.7. The Bertz CT molecular complexity index is 1530. The summed E-state index contributed by atoms with van der Waals surface area (Å²) in [4.78, 5) is 18.7. The first-order valence-electron chi connectivity index (χ1n) is 16.8. The van der Waals surface area contributed by atoms with Gasteiger partial charge in [-0.05, 0) is 111 Å². The summed E-state index contributed by atoms with van der Waals surface area (Å²) >= 11 is 0. The fourth-order valence-corrected chi connectivity index (χ4v) is 9.04. The van der Waals surface area contributed by atoms with Gasteiger partial charge in [-0.3, -0.25) is 15.0 Å². The lowest BCUT2D eigenvalue weighted by Gasteiger charge is -2.41. The number of fused-ring (bicyclic) bond motifs is 1. The minimum atomic E-state index is -3.19. The summed E-state index contributed by atoms with van der Waals surface area (Å²) in [7, 11) is -3.19. The molecule has 4 N–H and O–H groups in total. The number of amides is 1. The molecule has 238 valence electrons. The van der Waals surface area contributed by atoms with E-state index >= 15 is 0 Å². The molecule has 44 heavy (non-hydrogen) atoms. The van der Waals surface area contributed by atoms with Crippen LogP contribution in [0.5, 0.6) is 0 Å². The fourth-order valence-electron chi connectivity index (χ4n) is 7.90. The molecule has 3 fully saturated rings. The molecule has 1 saturated carbocycles. The number of piperidine rings is 2. The number of nitrogens with two attached hydrogens (primary N) is 1. The molecule has 8 nitrogen and oxygen atoms in total. The summed E-state index contributed by atoms with van der Waals surface area (Å²) in [5, 5.41) is 4.98. The Kier molecular flexibility index (Phi) is 9.76. The van der Waals surface area contributed by atoms with Crippen molar-refractivity contribution in [3.05, 3.63) is 59.3 Å². The van der Waals surface area contributed by atoms with Gasteiger partial charge < -0.3 is 10.7 Å². The van der Waals surface area contributed by atoms with Crippen LogP contribution in [0.3, 0.4) is 0 Å². The van der Waals surface area contributed by atoms with Gasteiger partial charge in [0.15, 0.2) is 0 Å². The van der Waals surface area contributed by atoms with E-state index in [0.717, 1.165) is 47.0 Å². The van der Waals surface area contributed by atoms with Gasteiger partial charge in [0.2, 0.25) is 10.0 Å². The lowest BCUT2D eigenvalue weighted by Crippen LogP contribution is -2.52. The number of nitrogens with zero attached hydrogens (tertiary/aromatic N) is 2. The van der Waals surface area contributed by atoms with Gasteiger partial charge in [-0.1, -0.05) is 43.9 Å². The fraction of sp³-hybridized carbons (Fsp3) is 0.571. The number of primary amides is 1. The number of aromatic nitrogens is 1. The third kappa shape index (κ3) is 6.76. The number of benzene rings is 2. The number of likely N-dealkylation sites (tertiary alicyclic amines) is 1. The smallest absolute Gasteiger partial charge is 0.250 e. The van der Waals surface area contributed by atoms with Gasteiger partial charge in [0, 0.05) is 31.2 Å². The van der Waals surface area contributed by atoms with Crippen LogP contribution in [-0.2, 0) is 16.6 Å². The largest absolute Gasteiger partial charge is 0.366 e. The summed E-state index contributed by atoms with van der Waals surface area (Å²) in [6, 6.07) is 12.7. The van der Waals surface area contributed by atoms with E-state index in [1.54, 1.807) is 11.2 Å². The number of hydrogen-bond acceptors (Lipinski definition) is 5. The second-order valence-electron chi connectivity index (χ2n) is 13.1. The van der Waals surface area contributed by atoms with Crippen molar-refractivity contribution in [2.45, 2.75) is 89.8 Å². The maximum atomic E-state index is 12.6. The van der Waals surface area contributed by atoms with Crippen LogP contribution in [0, 0.1) is 5.92 Å². The Hall–Kier alpha value is -2.72. The Morgan fingerprint density at radius 2 is 1.68 bits per heavy atom. The van der Waals surface area contributed by atoms with E-state index in [2.05, 4.69) is 45.5 Å². The summed E-state index contributed by atoms with van der Waals surface area (Å²) in [6.07, 6.45) is 14.5. The molecule has 0 radical (unpaired) electrons. The van der Waals surface area contributed by atoms with Crippen LogP contribution in [0.25, 0.3) is 22.0 Å². The molecule has 0 spiro atoms. The first kappa shape index (κ1) is 31.3. The topological polar surface area (TPSA) is 112 Å². The van der Waals surface area contributed by atoms with Crippen LogP contribution in [0.2, 0.25) is 0 Å². The predicted molar refractivity (Wildman–Crippen MR) is 178 cm³/mol. The van der Waals surface area contributed by atoms with Crippen molar-refractivity contribution in [1.82, 2.24) is 19.5 Å². The average Bonchev–Trinajstić information content (AvgIpc) is 3.49. The first-order valence-corrected chi connectivity index (χ1v) is 18.4. The molecule has 2 aliphatic heterocycles. The predicted octanol–water partition coefficient (Wildman–Crippen LogP) is 5.94. The quantitative estimate of drug-likeness (QED) is 0.260. The third-order valence-corrected chi connectivity index (χ3v) is 12.3. The van der Waals surface area contributed by atoms with E-state index in [0.29, 0.717) is 30.7 Å². The Morgan fingerprint density at radius 1 is 0.955 bits per heavy atom. The molecular weight excluding hydrogens is 570 g/mol. The molecule has 2 aromatic carbocycles. The zero-order chi connectivity index (χ0) is 30.7. The van der Waals surface area contributed by atoms with E-state index in [4.69, 9.17) is 5.73 Å². The van der Waals surface area contributed by atoms with E-state index < -0.39 is 15.9 Å². The highest BCUT2D eigenvalue weighted by Crippen LogP contribution is 2.37. The Balaban J connectivity index is 1.25. The minimum absolute atomic E-state index is 0.129. The molecule has 1 atom stereocenters. The summed E-state index contributed by atoms with van der Waals surface area (Å²) < 4.78 is 26.4. The molecule has 1 aromatic heterocycles. The van der Waals surface area contributed by atoms with Crippen LogP contribution in [0.15, 0.2) is 42.6 Å². The van der Waals surface area contributed by atoms with Crippen molar-refractivity contribution in [2.75, 3.05) is 31.9 Å². The van der Waals surface area contributed by atoms with Crippen molar-refractivity contribution in [3.8, 4) is 11.1 Å². The first-order chi connectivity index (χ1) is 21.3. The van der Waals surface area contributed by atoms with Gasteiger partial charge in [-0.25, -0.2) is 12.7 Å². The van der Waals surface area contributed by atoms with Crippen molar-refractivity contribution in [2.24, 2.45) is 11.7 Å². The molecule has 1 amide bonds. The van der Waals surface area contributed by atoms with E-state index in [-0.39, 0.29) is 11.7 Å². The highest BCUT2D eigenvalue weighted by molar-refractivity contribution is 7.89. The van der Waals surface area contributed by atoms with Crippen molar-refractivity contribution >= 4 is 26.8 Å². The molecule has 3 aliphatic rings. The molecule has 0 bridgehead atoms. The minimum Gasteiger partial charge on any atom is -0.366 e. The van der Waals surface area contributed by atoms with Gasteiger partial charge >= 0.3 is 0 Å². The molecule has 2 saturated heterocycles. The number of carbonyl (C=O) groups excluding carboxylic acids is 1. The molecule has 1 unspecified atom stereocenters. The van der Waals surface area contributed by atoms with Crippen molar-refractivity contribution in [1.29, 1.82) is 0 Å².